The molecule has 0 aliphatic carbocycles. The zero-order valence-electron chi connectivity index (χ0n) is 24.8. The molecule has 0 bridgehead atoms. The number of pyridine rings is 1. The van der Waals surface area contributed by atoms with Crippen LogP contribution in [0.5, 0.6) is 17.2 Å². The maximum Gasteiger partial charge on any atom is 0.338 e. The van der Waals surface area contributed by atoms with Crippen LogP contribution in [0.25, 0.3) is 16.6 Å². The summed E-state index contributed by atoms with van der Waals surface area (Å²) in [6.45, 7) is 10.1. The lowest BCUT2D eigenvalue weighted by Gasteiger charge is -2.39. The number of hydrogen-bond donors (Lipinski definition) is 0. The molecule has 8 heteroatoms. The fraction of sp³-hybridized carbons (Fsp3) is 0.516. The molecule has 4 rings (SSSR count). The summed E-state index contributed by atoms with van der Waals surface area (Å²) in [6.07, 6.45) is 4.19. The van der Waals surface area contributed by atoms with Crippen LogP contribution in [0.4, 0.5) is 0 Å². The summed E-state index contributed by atoms with van der Waals surface area (Å²) in [4.78, 5) is 18.1. The summed E-state index contributed by atoms with van der Waals surface area (Å²) >= 11 is 0. The van der Waals surface area contributed by atoms with E-state index in [2.05, 4.69) is 47.5 Å². The van der Waals surface area contributed by atoms with Crippen LogP contribution in [0.3, 0.4) is 0 Å². The molecule has 0 amide bonds. The molecule has 3 aromatic rings. The molecule has 0 saturated carbocycles. The van der Waals surface area contributed by atoms with Crippen LogP contribution in [0, 0.1) is 6.92 Å². The zero-order chi connectivity index (χ0) is 28.4. The Labute approximate surface area is 232 Å². The van der Waals surface area contributed by atoms with E-state index in [-0.39, 0.29) is 18.1 Å². The number of ether oxygens (including phenoxy) is 4. The maximum atomic E-state index is 13.2. The average molecular weight is 538 g/mol. The summed E-state index contributed by atoms with van der Waals surface area (Å²) in [5.74, 6) is 1.45. The Morgan fingerprint density at radius 3 is 2.05 bits per heavy atom. The van der Waals surface area contributed by atoms with E-state index >= 15 is 0 Å². The first-order valence-electron chi connectivity index (χ1n) is 13.7. The van der Waals surface area contributed by atoms with E-state index in [0.29, 0.717) is 28.9 Å². The molecule has 1 unspecified atom stereocenters. The lowest BCUT2D eigenvalue weighted by molar-refractivity contribution is 0.0376. The number of aromatic nitrogens is 1. The number of hydrogen-bond acceptors (Lipinski definition) is 7. The lowest BCUT2D eigenvalue weighted by atomic mass is 9.98. The van der Waals surface area contributed by atoms with Crippen molar-refractivity contribution in [3.63, 3.8) is 0 Å². The largest absolute Gasteiger partial charge is 0.493 e. The summed E-state index contributed by atoms with van der Waals surface area (Å²) in [5.41, 5.74) is 5.51. The first-order chi connectivity index (χ1) is 18.6. The summed E-state index contributed by atoms with van der Waals surface area (Å²) < 4.78 is 24.6. The number of benzene rings is 1. The van der Waals surface area contributed by atoms with Gasteiger partial charge in [-0.1, -0.05) is 0 Å². The van der Waals surface area contributed by atoms with E-state index in [0.717, 1.165) is 53.8 Å². The van der Waals surface area contributed by atoms with Gasteiger partial charge in [0.2, 0.25) is 5.75 Å². The van der Waals surface area contributed by atoms with Gasteiger partial charge in [0.25, 0.3) is 0 Å². The smallest absolute Gasteiger partial charge is 0.338 e. The predicted octanol–water partition coefficient (Wildman–Crippen LogP) is 5.59. The van der Waals surface area contributed by atoms with Crippen molar-refractivity contribution in [3.05, 3.63) is 47.3 Å². The number of carbonyl (C=O) groups excluding carboxylic acids is 1. The van der Waals surface area contributed by atoms with Crippen molar-refractivity contribution in [1.82, 2.24) is 14.2 Å². The van der Waals surface area contributed by atoms with Gasteiger partial charge in [-0.15, -0.1) is 0 Å². The molecular formula is C31H43N3O5. The SMILES string of the molecule is COc1cc(-c2cc3cc(C(=O)OC(C)C)c(C)c(C(C)N4CCC(N(C)C)CC4)n3c2)cc(OC)c1OC. The van der Waals surface area contributed by atoms with Crippen LogP contribution in [-0.2, 0) is 4.74 Å². The molecule has 1 fully saturated rings. The molecule has 3 heterocycles. The van der Waals surface area contributed by atoms with Gasteiger partial charge in [0.1, 0.15) is 0 Å². The standard InChI is InChI=1S/C31H43N3O5/c1-19(2)39-31(35)26-17-25-14-23(22-15-27(36-7)30(38-9)28(16-22)37-8)18-34(25)29(20(26)3)21(4)33-12-10-24(11-13-33)32(5)6/h14-19,21,24H,10-13H2,1-9H3. The second-order valence-electron chi connectivity index (χ2n) is 10.9. The van der Waals surface area contributed by atoms with Crippen LogP contribution in [0.15, 0.2) is 30.5 Å². The molecule has 0 spiro atoms. The Bertz CT molecular complexity index is 1300. The van der Waals surface area contributed by atoms with E-state index < -0.39 is 0 Å². The third kappa shape index (κ3) is 5.72. The van der Waals surface area contributed by atoms with Crippen molar-refractivity contribution < 1.29 is 23.7 Å². The molecule has 0 radical (unpaired) electrons. The van der Waals surface area contributed by atoms with Gasteiger partial charge in [-0.05, 0) is 90.0 Å². The Kier molecular flexibility index (Phi) is 8.76. The Hall–Kier alpha value is -3.23. The van der Waals surface area contributed by atoms with Crippen LogP contribution >= 0.6 is 0 Å². The monoisotopic (exact) mass is 537 g/mol. The Morgan fingerprint density at radius 1 is 0.923 bits per heavy atom. The fourth-order valence-corrected chi connectivity index (χ4v) is 5.75. The molecule has 1 saturated heterocycles. The summed E-state index contributed by atoms with van der Waals surface area (Å²) in [7, 11) is 9.15. The Morgan fingerprint density at radius 2 is 1.54 bits per heavy atom. The molecule has 1 aliphatic heterocycles. The molecule has 8 nitrogen and oxygen atoms in total. The van der Waals surface area contributed by atoms with Crippen molar-refractivity contribution in [2.24, 2.45) is 0 Å². The molecule has 2 aromatic heterocycles. The van der Waals surface area contributed by atoms with Gasteiger partial charge in [-0.3, -0.25) is 4.90 Å². The summed E-state index contributed by atoms with van der Waals surface area (Å²) in [5, 5.41) is 0. The number of methoxy groups -OCH3 is 3. The Balaban J connectivity index is 1.85. The molecule has 1 aromatic carbocycles. The molecule has 39 heavy (non-hydrogen) atoms. The van der Waals surface area contributed by atoms with Crippen LogP contribution < -0.4 is 14.2 Å². The molecule has 0 N–H and O–H groups in total. The minimum absolute atomic E-state index is 0.114. The third-order valence-corrected chi connectivity index (χ3v) is 7.92. The van der Waals surface area contributed by atoms with Gasteiger partial charge in [-0.2, -0.15) is 0 Å². The number of carbonyl (C=O) groups is 1. The first kappa shape index (κ1) is 28.8. The second-order valence-corrected chi connectivity index (χ2v) is 10.9. The number of likely N-dealkylation sites (tertiary alicyclic amines) is 1. The topological polar surface area (TPSA) is 64.9 Å². The molecule has 212 valence electrons. The van der Waals surface area contributed by atoms with E-state index in [1.54, 1.807) is 21.3 Å². The lowest BCUT2D eigenvalue weighted by Crippen LogP contribution is -2.43. The molecule has 1 aliphatic rings. The van der Waals surface area contributed by atoms with Crippen LogP contribution in [0.2, 0.25) is 0 Å². The van der Waals surface area contributed by atoms with Crippen molar-refractivity contribution in [2.45, 2.75) is 58.7 Å². The van der Waals surface area contributed by atoms with Gasteiger partial charge in [0.15, 0.2) is 11.5 Å². The highest BCUT2D eigenvalue weighted by atomic mass is 16.5. The molecule has 1 atom stereocenters. The highest BCUT2D eigenvalue weighted by Crippen LogP contribution is 2.42. The predicted molar refractivity (Wildman–Crippen MR) is 154 cm³/mol. The second kappa shape index (κ2) is 11.9. The van der Waals surface area contributed by atoms with Crippen LogP contribution in [0.1, 0.15) is 61.3 Å². The fourth-order valence-electron chi connectivity index (χ4n) is 5.75. The quantitative estimate of drug-likeness (QED) is 0.330. The van der Waals surface area contributed by atoms with Crippen molar-refractivity contribution >= 4 is 11.5 Å². The number of nitrogens with zero attached hydrogens (tertiary/aromatic N) is 3. The number of fused-ring (bicyclic) bond motifs is 1. The first-order valence-corrected chi connectivity index (χ1v) is 13.7. The van der Waals surface area contributed by atoms with Crippen molar-refractivity contribution in [3.8, 4) is 28.4 Å². The number of esters is 1. The highest BCUT2D eigenvalue weighted by Gasteiger charge is 2.29. The van der Waals surface area contributed by atoms with E-state index in [1.165, 1.54) is 0 Å². The third-order valence-electron chi connectivity index (χ3n) is 7.92. The van der Waals surface area contributed by atoms with Gasteiger partial charge in [0, 0.05) is 48.1 Å². The van der Waals surface area contributed by atoms with E-state index in [4.69, 9.17) is 18.9 Å². The van der Waals surface area contributed by atoms with Gasteiger partial charge >= 0.3 is 5.97 Å². The normalized spacial score (nSPS) is 15.7. The minimum atomic E-state index is -0.291. The van der Waals surface area contributed by atoms with Crippen molar-refractivity contribution in [2.75, 3.05) is 48.5 Å². The summed E-state index contributed by atoms with van der Waals surface area (Å²) in [6, 6.07) is 8.65. The highest BCUT2D eigenvalue weighted by molar-refractivity contribution is 5.93. The number of piperidine rings is 1. The zero-order valence-corrected chi connectivity index (χ0v) is 24.8. The van der Waals surface area contributed by atoms with E-state index in [1.807, 2.05) is 39.0 Å². The van der Waals surface area contributed by atoms with Gasteiger partial charge < -0.3 is 28.2 Å². The maximum absolute atomic E-state index is 13.2. The van der Waals surface area contributed by atoms with E-state index in [9.17, 15) is 4.79 Å². The average Bonchev–Trinajstić information content (AvgIpc) is 3.34. The van der Waals surface area contributed by atoms with Gasteiger partial charge in [-0.25, -0.2) is 4.79 Å². The minimum Gasteiger partial charge on any atom is -0.493 e. The van der Waals surface area contributed by atoms with Crippen molar-refractivity contribution in [1.29, 1.82) is 0 Å². The number of rotatable bonds is 9. The molecular weight excluding hydrogens is 494 g/mol. The van der Waals surface area contributed by atoms with Gasteiger partial charge in [0.05, 0.1) is 33.0 Å². The van der Waals surface area contributed by atoms with Crippen LogP contribution in [-0.4, -0.2) is 80.8 Å².